The second kappa shape index (κ2) is 7.97. The Bertz CT molecular complexity index is 784. The van der Waals surface area contributed by atoms with Gasteiger partial charge < -0.3 is 9.84 Å². The summed E-state index contributed by atoms with van der Waals surface area (Å²) in [7, 11) is -3.66. The van der Waals surface area contributed by atoms with Crippen LogP contribution in [0, 0.1) is 0 Å². The molecule has 0 aliphatic heterocycles. The van der Waals surface area contributed by atoms with Gasteiger partial charge in [-0.05, 0) is 30.7 Å². The Balaban J connectivity index is 2.29. The molecule has 0 spiro atoms. The molecule has 2 aromatic rings. The lowest BCUT2D eigenvalue weighted by molar-refractivity contribution is -0.143. The Labute approximate surface area is 141 Å². The topological polar surface area (TPSA) is 80.7 Å². The van der Waals surface area contributed by atoms with Gasteiger partial charge in [0.05, 0.1) is 23.7 Å². The van der Waals surface area contributed by atoms with Crippen LogP contribution in [0.25, 0.3) is 0 Å². The second-order valence-corrected chi connectivity index (χ2v) is 7.43. The summed E-state index contributed by atoms with van der Waals surface area (Å²) >= 11 is 0. The first-order valence-corrected chi connectivity index (χ1v) is 9.30. The molecule has 2 aromatic carbocycles. The standard InChI is InChI=1S/C18H20O5S/c1-2-23-18(20)11-15(14-7-4-3-5-8-14)13-24(21,22)17-10-6-9-16(19)12-17/h3-10,12,15,19H,2,11,13H2,1H3. The van der Waals surface area contributed by atoms with Gasteiger partial charge in [-0.1, -0.05) is 36.4 Å². The molecule has 1 unspecified atom stereocenters. The van der Waals surface area contributed by atoms with E-state index >= 15 is 0 Å². The highest BCUT2D eigenvalue weighted by molar-refractivity contribution is 7.91. The van der Waals surface area contributed by atoms with Crippen molar-refractivity contribution in [3.63, 3.8) is 0 Å². The fraction of sp³-hybridized carbons (Fsp3) is 0.278. The molecule has 1 atom stereocenters. The molecule has 6 heteroatoms. The number of sulfone groups is 1. The molecule has 0 saturated carbocycles. The van der Waals surface area contributed by atoms with Gasteiger partial charge in [-0.2, -0.15) is 0 Å². The summed E-state index contributed by atoms with van der Waals surface area (Å²) < 4.78 is 30.2. The van der Waals surface area contributed by atoms with Crippen molar-refractivity contribution in [1.29, 1.82) is 0 Å². The van der Waals surface area contributed by atoms with Crippen LogP contribution in [-0.2, 0) is 19.4 Å². The third-order valence-electron chi connectivity index (χ3n) is 3.59. The predicted molar refractivity (Wildman–Crippen MR) is 90.6 cm³/mol. The van der Waals surface area contributed by atoms with Crippen LogP contribution in [0.2, 0.25) is 0 Å². The van der Waals surface area contributed by atoms with Crippen molar-refractivity contribution in [2.45, 2.75) is 24.2 Å². The monoisotopic (exact) mass is 348 g/mol. The minimum atomic E-state index is -3.66. The third kappa shape index (κ3) is 4.83. The molecule has 0 aliphatic carbocycles. The number of ether oxygens (including phenoxy) is 1. The number of benzene rings is 2. The van der Waals surface area contributed by atoms with E-state index in [1.807, 2.05) is 6.07 Å². The maximum atomic E-state index is 12.6. The first-order valence-electron chi connectivity index (χ1n) is 7.64. The number of rotatable bonds is 7. The van der Waals surface area contributed by atoms with Gasteiger partial charge in [-0.15, -0.1) is 0 Å². The Morgan fingerprint density at radius 3 is 2.46 bits per heavy atom. The zero-order chi connectivity index (χ0) is 17.6. The van der Waals surface area contributed by atoms with Crippen molar-refractivity contribution in [1.82, 2.24) is 0 Å². The molecule has 1 N–H and O–H groups in total. The molecule has 0 heterocycles. The molecule has 0 aromatic heterocycles. The first kappa shape index (κ1) is 18.0. The summed E-state index contributed by atoms with van der Waals surface area (Å²) in [6.07, 6.45) is -0.0180. The molecule has 128 valence electrons. The highest BCUT2D eigenvalue weighted by atomic mass is 32.2. The summed E-state index contributed by atoms with van der Waals surface area (Å²) in [6.45, 7) is 1.96. The minimum Gasteiger partial charge on any atom is -0.508 e. The fourth-order valence-electron chi connectivity index (χ4n) is 2.46. The lowest BCUT2D eigenvalue weighted by Crippen LogP contribution is -2.19. The van der Waals surface area contributed by atoms with E-state index in [1.165, 1.54) is 24.3 Å². The van der Waals surface area contributed by atoms with E-state index in [4.69, 9.17) is 4.74 Å². The largest absolute Gasteiger partial charge is 0.508 e. The number of phenolic OH excluding ortho intramolecular Hbond substituents is 1. The SMILES string of the molecule is CCOC(=O)CC(CS(=O)(=O)c1cccc(O)c1)c1ccccc1. The molecule has 24 heavy (non-hydrogen) atoms. The lowest BCUT2D eigenvalue weighted by atomic mass is 9.98. The van der Waals surface area contributed by atoms with Crippen molar-refractivity contribution < 1.29 is 23.1 Å². The van der Waals surface area contributed by atoms with Crippen LogP contribution in [0.4, 0.5) is 0 Å². The van der Waals surface area contributed by atoms with Crippen LogP contribution in [0.5, 0.6) is 5.75 Å². The maximum Gasteiger partial charge on any atom is 0.306 e. The van der Waals surface area contributed by atoms with Gasteiger partial charge in [0.2, 0.25) is 0 Å². The van der Waals surface area contributed by atoms with E-state index in [0.29, 0.717) is 0 Å². The summed E-state index contributed by atoms with van der Waals surface area (Å²) in [4.78, 5) is 11.9. The zero-order valence-electron chi connectivity index (χ0n) is 13.4. The molecule has 5 nitrogen and oxygen atoms in total. The summed E-state index contributed by atoms with van der Waals surface area (Å²) in [5.41, 5.74) is 0.759. The number of hydrogen-bond donors (Lipinski definition) is 1. The quantitative estimate of drug-likeness (QED) is 0.778. The van der Waals surface area contributed by atoms with Gasteiger partial charge in [0.1, 0.15) is 5.75 Å². The lowest BCUT2D eigenvalue weighted by Gasteiger charge is -2.17. The summed E-state index contributed by atoms with van der Waals surface area (Å²) in [6, 6.07) is 14.5. The molecule has 0 fully saturated rings. The molecule has 0 bridgehead atoms. The van der Waals surface area contributed by atoms with E-state index in [1.54, 1.807) is 31.2 Å². The Hall–Kier alpha value is -2.34. The van der Waals surface area contributed by atoms with Gasteiger partial charge >= 0.3 is 5.97 Å². The number of esters is 1. The van der Waals surface area contributed by atoms with Crippen molar-refractivity contribution in [2.75, 3.05) is 12.4 Å². The van der Waals surface area contributed by atoms with Gasteiger partial charge in [0, 0.05) is 5.92 Å². The molecule has 0 amide bonds. The average molecular weight is 348 g/mol. The molecular formula is C18H20O5S. The van der Waals surface area contributed by atoms with Crippen LogP contribution in [0.1, 0.15) is 24.8 Å². The smallest absolute Gasteiger partial charge is 0.306 e. The zero-order valence-corrected chi connectivity index (χ0v) is 14.2. The van der Waals surface area contributed by atoms with Crippen molar-refractivity contribution >= 4 is 15.8 Å². The van der Waals surface area contributed by atoms with Crippen LogP contribution in [0.15, 0.2) is 59.5 Å². The fourth-order valence-corrected chi connectivity index (χ4v) is 4.08. The molecular weight excluding hydrogens is 328 g/mol. The van der Waals surface area contributed by atoms with Crippen molar-refractivity contribution in [3.8, 4) is 5.75 Å². The number of carbonyl (C=O) groups is 1. The van der Waals surface area contributed by atoms with E-state index < -0.39 is 21.7 Å². The van der Waals surface area contributed by atoms with E-state index in [0.717, 1.165) is 5.56 Å². The summed E-state index contributed by atoms with van der Waals surface area (Å²) in [5, 5.41) is 9.50. The average Bonchev–Trinajstić information content (AvgIpc) is 2.55. The highest BCUT2D eigenvalue weighted by Crippen LogP contribution is 2.26. The molecule has 0 aliphatic rings. The number of aromatic hydroxyl groups is 1. The van der Waals surface area contributed by atoms with Gasteiger partial charge in [0.25, 0.3) is 0 Å². The van der Waals surface area contributed by atoms with Crippen LogP contribution < -0.4 is 0 Å². The number of carbonyl (C=O) groups excluding carboxylic acids is 1. The van der Waals surface area contributed by atoms with Crippen molar-refractivity contribution in [3.05, 3.63) is 60.2 Å². The first-order chi connectivity index (χ1) is 11.4. The molecule has 0 radical (unpaired) electrons. The summed E-state index contributed by atoms with van der Waals surface area (Å²) in [5.74, 6) is -1.30. The van der Waals surface area contributed by atoms with Crippen LogP contribution in [-0.4, -0.2) is 31.9 Å². The number of hydrogen-bond acceptors (Lipinski definition) is 5. The highest BCUT2D eigenvalue weighted by Gasteiger charge is 2.25. The van der Waals surface area contributed by atoms with E-state index in [-0.39, 0.29) is 29.4 Å². The Morgan fingerprint density at radius 1 is 1.12 bits per heavy atom. The maximum absolute atomic E-state index is 12.6. The Morgan fingerprint density at radius 2 is 1.83 bits per heavy atom. The molecule has 2 rings (SSSR count). The second-order valence-electron chi connectivity index (χ2n) is 5.40. The molecule has 0 saturated heterocycles. The van der Waals surface area contributed by atoms with Crippen molar-refractivity contribution in [2.24, 2.45) is 0 Å². The van der Waals surface area contributed by atoms with E-state index in [2.05, 4.69) is 0 Å². The normalized spacial score (nSPS) is 12.5. The predicted octanol–water partition coefficient (Wildman–Crippen LogP) is 2.90. The Kier molecular flexibility index (Phi) is 5.98. The third-order valence-corrected chi connectivity index (χ3v) is 5.40. The number of phenols is 1. The van der Waals surface area contributed by atoms with Crippen LogP contribution >= 0.6 is 0 Å². The minimum absolute atomic E-state index is 0.0180. The van der Waals surface area contributed by atoms with Gasteiger partial charge in [-0.3, -0.25) is 4.79 Å². The van der Waals surface area contributed by atoms with E-state index in [9.17, 15) is 18.3 Å². The van der Waals surface area contributed by atoms with Gasteiger partial charge in [-0.25, -0.2) is 8.42 Å². The van der Waals surface area contributed by atoms with Gasteiger partial charge in [0.15, 0.2) is 9.84 Å². The van der Waals surface area contributed by atoms with Crippen LogP contribution in [0.3, 0.4) is 0 Å².